The van der Waals surface area contributed by atoms with Gasteiger partial charge in [-0.15, -0.1) is 0 Å². The van der Waals surface area contributed by atoms with Crippen LogP contribution in [0.4, 0.5) is 5.69 Å². The molecule has 0 radical (unpaired) electrons. The summed E-state index contributed by atoms with van der Waals surface area (Å²) in [6.45, 7) is 4.93. The molecular weight excluding hydrogens is 224 g/mol. The summed E-state index contributed by atoms with van der Waals surface area (Å²) < 4.78 is 0. The van der Waals surface area contributed by atoms with E-state index in [4.69, 9.17) is 0 Å². The van der Waals surface area contributed by atoms with Crippen molar-refractivity contribution in [2.75, 3.05) is 31.6 Å². The lowest BCUT2D eigenvalue weighted by Gasteiger charge is -2.29. The van der Waals surface area contributed by atoms with Gasteiger partial charge in [-0.25, -0.2) is 0 Å². The van der Waals surface area contributed by atoms with Gasteiger partial charge < -0.3 is 10.2 Å². The SMILES string of the molecule is CC(=O)c1cccc(N(C)CC2CCCNC2)c1. The monoisotopic (exact) mass is 246 g/mol. The normalized spacial score (nSPS) is 19.6. The molecule has 1 aliphatic heterocycles. The molecule has 1 aliphatic rings. The molecule has 1 heterocycles. The highest BCUT2D eigenvalue weighted by Crippen LogP contribution is 2.19. The molecule has 1 unspecified atom stereocenters. The third kappa shape index (κ3) is 3.33. The first-order chi connectivity index (χ1) is 8.66. The van der Waals surface area contributed by atoms with Crippen LogP contribution in [0.15, 0.2) is 24.3 Å². The first-order valence-corrected chi connectivity index (χ1v) is 6.69. The van der Waals surface area contributed by atoms with Crippen molar-refractivity contribution in [1.82, 2.24) is 5.32 Å². The fraction of sp³-hybridized carbons (Fsp3) is 0.533. The highest BCUT2D eigenvalue weighted by Gasteiger charge is 2.15. The maximum Gasteiger partial charge on any atom is 0.159 e. The number of carbonyl (C=O) groups excluding carboxylic acids is 1. The minimum atomic E-state index is 0.129. The van der Waals surface area contributed by atoms with E-state index in [-0.39, 0.29) is 5.78 Å². The number of piperidine rings is 1. The molecule has 3 heteroatoms. The quantitative estimate of drug-likeness (QED) is 0.828. The number of ketones is 1. The lowest BCUT2D eigenvalue weighted by Crippen LogP contribution is -2.36. The highest BCUT2D eigenvalue weighted by molar-refractivity contribution is 5.94. The van der Waals surface area contributed by atoms with Crippen LogP contribution in [-0.2, 0) is 0 Å². The largest absolute Gasteiger partial charge is 0.374 e. The molecule has 1 saturated heterocycles. The fourth-order valence-corrected chi connectivity index (χ4v) is 2.53. The van der Waals surface area contributed by atoms with Crippen LogP contribution in [-0.4, -0.2) is 32.5 Å². The molecule has 0 bridgehead atoms. The highest BCUT2D eigenvalue weighted by atomic mass is 16.1. The predicted octanol–water partition coefficient (Wildman–Crippen LogP) is 2.33. The van der Waals surface area contributed by atoms with Crippen LogP contribution in [0.2, 0.25) is 0 Å². The minimum absolute atomic E-state index is 0.129. The Bertz CT molecular complexity index is 411. The average molecular weight is 246 g/mol. The Kier molecular flexibility index (Phi) is 4.37. The zero-order valence-corrected chi connectivity index (χ0v) is 11.3. The van der Waals surface area contributed by atoms with Crippen LogP contribution in [0.3, 0.4) is 0 Å². The van der Waals surface area contributed by atoms with E-state index in [1.807, 2.05) is 18.2 Å². The summed E-state index contributed by atoms with van der Waals surface area (Å²) in [4.78, 5) is 13.6. The van der Waals surface area contributed by atoms with Crippen LogP contribution in [0, 0.1) is 5.92 Å². The fourth-order valence-electron chi connectivity index (χ4n) is 2.53. The number of hydrogen-bond acceptors (Lipinski definition) is 3. The van der Waals surface area contributed by atoms with Crippen molar-refractivity contribution in [2.45, 2.75) is 19.8 Å². The van der Waals surface area contributed by atoms with Gasteiger partial charge >= 0.3 is 0 Å². The lowest BCUT2D eigenvalue weighted by molar-refractivity contribution is 0.101. The number of nitrogens with one attached hydrogen (secondary N) is 1. The summed E-state index contributed by atoms with van der Waals surface area (Å²) in [6, 6.07) is 7.89. The summed E-state index contributed by atoms with van der Waals surface area (Å²) in [5.41, 5.74) is 1.93. The summed E-state index contributed by atoms with van der Waals surface area (Å²) in [5.74, 6) is 0.842. The number of nitrogens with zero attached hydrogens (tertiary/aromatic N) is 1. The van der Waals surface area contributed by atoms with Crippen molar-refractivity contribution in [2.24, 2.45) is 5.92 Å². The third-order valence-electron chi connectivity index (χ3n) is 3.62. The standard InChI is InChI=1S/C15H22N2O/c1-12(18)14-6-3-7-15(9-14)17(2)11-13-5-4-8-16-10-13/h3,6-7,9,13,16H,4-5,8,10-11H2,1-2H3. The van der Waals surface area contributed by atoms with Gasteiger partial charge in [-0.2, -0.15) is 0 Å². The molecule has 1 aromatic carbocycles. The van der Waals surface area contributed by atoms with Gasteiger partial charge in [0.25, 0.3) is 0 Å². The van der Waals surface area contributed by atoms with Gasteiger partial charge in [-0.05, 0) is 50.9 Å². The molecule has 1 atom stereocenters. The number of carbonyl (C=O) groups is 1. The van der Waals surface area contributed by atoms with E-state index >= 15 is 0 Å². The van der Waals surface area contributed by atoms with E-state index in [0.29, 0.717) is 5.92 Å². The zero-order valence-electron chi connectivity index (χ0n) is 11.3. The van der Waals surface area contributed by atoms with Gasteiger partial charge in [0.15, 0.2) is 5.78 Å². The van der Waals surface area contributed by atoms with Crippen molar-refractivity contribution in [3.05, 3.63) is 29.8 Å². The molecule has 0 aromatic heterocycles. The summed E-state index contributed by atoms with van der Waals surface area (Å²) >= 11 is 0. The topological polar surface area (TPSA) is 32.3 Å². The molecule has 98 valence electrons. The van der Waals surface area contributed by atoms with Crippen LogP contribution >= 0.6 is 0 Å². The molecule has 0 amide bonds. The molecule has 1 N–H and O–H groups in total. The molecule has 0 aliphatic carbocycles. The van der Waals surface area contributed by atoms with Crippen molar-refractivity contribution in [3.8, 4) is 0 Å². The second-order valence-electron chi connectivity index (χ2n) is 5.20. The van der Waals surface area contributed by atoms with Crippen LogP contribution in [0.25, 0.3) is 0 Å². The summed E-state index contributed by atoms with van der Waals surface area (Å²) in [7, 11) is 2.11. The van der Waals surface area contributed by atoms with Crippen molar-refractivity contribution in [3.63, 3.8) is 0 Å². The van der Waals surface area contributed by atoms with Gasteiger partial charge in [-0.3, -0.25) is 4.79 Å². The number of benzene rings is 1. The van der Waals surface area contributed by atoms with Gasteiger partial charge in [0.2, 0.25) is 0 Å². The molecule has 1 fully saturated rings. The van der Waals surface area contributed by atoms with Crippen LogP contribution in [0.5, 0.6) is 0 Å². The van der Waals surface area contributed by atoms with Gasteiger partial charge in [0.1, 0.15) is 0 Å². The lowest BCUT2D eigenvalue weighted by atomic mass is 9.99. The Labute approximate surface area is 109 Å². The second-order valence-corrected chi connectivity index (χ2v) is 5.20. The number of rotatable bonds is 4. The first-order valence-electron chi connectivity index (χ1n) is 6.69. The Balaban J connectivity index is 2.01. The van der Waals surface area contributed by atoms with Crippen LogP contribution < -0.4 is 10.2 Å². The van der Waals surface area contributed by atoms with E-state index in [1.54, 1.807) is 6.92 Å². The number of anilines is 1. The Morgan fingerprint density at radius 3 is 3.00 bits per heavy atom. The number of Topliss-reactive ketones (excluding diaryl/α,β-unsaturated/α-hetero) is 1. The van der Waals surface area contributed by atoms with E-state index in [1.165, 1.54) is 12.8 Å². The van der Waals surface area contributed by atoms with E-state index < -0.39 is 0 Å². The molecule has 1 aromatic rings. The first kappa shape index (κ1) is 13.1. The van der Waals surface area contributed by atoms with Crippen molar-refractivity contribution >= 4 is 11.5 Å². The molecule has 18 heavy (non-hydrogen) atoms. The Morgan fingerprint density at radius 2 is 2.33 bits per heavy atom. The van der Waals surface area contributed by atoms with Crippen LogP contribution in [0.1, 0.15) is 30.1 Å². The number of hydrogen-bond donors (Lipinski definition) is 1. The summed E-state index contributed by atoms with van der Waals surface area (Å²) in [5, 5.41) is 3.44. The van der Waals surface area contributed by atoms with Gasteiger partial charge in [-0.1, -0.05) is 12.1 Å². The molecule has 0 saturated carbocycles. The van der Waals surface area contributed by atoms with Gasteiger partial charge in [0.05, 0.1) is 0 Å². The molecule has 3 nitrogen and oxygen atoms in total. The molecule has 2 rings (SSSR count). The maximum absolute atomic E-state index is 11.4. The minimum Gasteiger partial charge on any atom is -0.374 e. The van der Waals surface area contributed by atoms with Crippen molar-refractivity contribution < 1.29 is 4.79 Å². The molecular formula is C15H22N2O. The Hall–Kier alpha value is -1.35. The van der Waals surface area contributed by atoms with Gasteiger partial charge in [0, 0.05) is 24.8 Å². The maximum atomic E-state index is 11.4. The van der Waals surface area contributed by atoms with E-state index in [0.717, 1.165) is 30.9 Å². The average Bonchev–Trinajstić information content (AvgIpc) is 2.40. The predicted molar refractivity (Wildman–Crippen MR) is 75.3 cm³/mol. The summed E-state index contributed by atoms with van der Waals surface area (Å²) in [6.07, 6.45) is 2.57. The zero-order chi connectivity index (χ0) is 13.0. The van der Waals surface area contributed by atoms with E-state index in [9.17, 15) is 4.79 Å². The van der Waals surface area contributed by atoms with E-state index in [2.05, 4.69) is 23.3 Å². The molecule has 0 spiro atoms. The second kappa shape index (κ2) is 6.01. The third-order valence-corrected chi connectivity index (χ3v) is 3.62. The Morgan fingerprint density at radius 1 is 1.50 bits per heavy atom. The smallest absolute Gasteiger partial charge is 0.159 e. The van der Waals surface area contributed by atoms with Crippen molar-refractivity contribution in [1.29, 1.82) is 0 Å².